The molecule has 0 fully saturated rings. The zero-order chi connectivity index (χ0) is 16.5. The summed E-state index contributed by atoms with van der Waals surface area (Å²) in [5.74, 6) is 1.03. The summed E-state index contributed by atoms with van der Waals surface area (Å²) in [5, 5.41) is 8.06. The van der Waals surface area contributed by atoms with Gasteiger partial charge in [0, 0.05) is 23.9 Å². The fourth-order valence-electron chi connectivity index (χ4n) is 2.61. The molecule has 1 aliphatic heterocycles. The lowest BCUT2D eigenvalue weighted by molar-refractivity contribution is 0.399. The fourth-order valence-corrected chi connectivity index (χ4v) is 2.61. The monoisotopic (exact) mass is 324 g/mol. The number of hydrogen-bond donors (Lipinski definition) is 0. The highest BCUT2D eigenvalue weighted by Gasteiger charge is 2.21. The van der Waals surface area contributed by atoms with Gasteiger partial charge in [-0.3, -0.25) is 4.99 Å². The summed E-state index contributed by atoms with van der Waals surface area (Å²) in [6.07, 6.45) is 2.85. The Hall–Kier alpha value is -3.09. The van der Waals surface area contributed by atoms with Crippen molar-refractivity contribution in [3.8, 4) is 17.3 Å². The Morgan fingerprint density at radius 1 is 1.17 bits per heavy atom. The van der Waals surface area contributed by atoms with Crippen LogP contribution in [0.4, 0.5) is 10.1 Å². The molecule has 1 aromatic carbocycles. The summed E-state index contributed by atoms with van der Waals surface area (Å²) in [6, 6.07) is 7.84. The molecule has 120 valence electrons. The topological polar surface area (TPSA) is 73.4 Å². The van der Waals surface area contributed by atoms with Gasteiger partial charge in [0.2, 0.25) is 17.7 Å². The summed E-state index contributed by atoms with van der Waals surface area (Å²) in [7, 11) is 1.57. The van der Waals surface area contributed by atoms with Crippen LogP contribution in [0.15, 0.2) is 45.9 Å². The number of fused-ring (bicyclic) bond motifs is 1. The molecule has 0 N–H and O–H groups in total. The molecule has 24 heavy (non-hydrogen) atoms. The van der Waals surface area contributed by atoms with E-state index in [-0.39, 0.29) is 5.82 Å². The number of methoxy groups -OCH3 is 1. The molecule has 0 saturated heterocycles. The smallest absolute Gasteiger partial charge is 0.247 e. The predicted molar refractivity (Wildman–Crippen MR) is 85.0 cm³/mol. The molecule has 3 aromatic rings. The minimum absolute atomic E-state index is 0.306. The van der Waals surface area contributed by atoms with Crippen LogP contribution in [0.2, 0.25) is 0 Å². The van der Waals surface area contributed by atoms with E-state index >= 15 is 0 Å². The van der Waals surface area contributed by atoms with Crippen molar-refractivity contribution in [1.82, 2.24) is 15.2 Å². The predicted octanol–water partition coefficient (Wildman–Crippen LogP) is 3.15. The Balaban J connectivity index is 1.54. The van der Waals surface area contributed by atoms with Gasteiger partial charge in [0.05, 0.1) is 13.5 Å². The molecule has 0 spiro atoms. The summed E-state index contributed by atoms with van der Waals surface area (Å²) in [4.78, 5) is 8.71. The minimum atomic E-state index is -0.306. The van der Waals surface area contributed by atoms with E-state index in [1.54, 1.807) is 25.4 Å². The number of rotatable bonds is 4. The summed E-state index contributed by atoms with van der Waals surface area (Å²) in [6.45, 7) is 0. The van der Waals surface area contributed by atoms with Gasteiger partial charge in [-0.05, 0) is 35.9 Å². The second kappa shape index (κ2) is 5.84. The molecule has 0 saturated carbocycles. The van der Waals surface area contributed by atoms with E-state index in [1.807, 2.05) is 6.07 Å². The van der Waals surface area contributed by atoms with Gasteiger partial charge in [0.15, 0.2) is 0 Å². The second-order valence-electron chi connectivity index (χ2n) is 5.37. The van der Waals surface area contributed by atoms with Crippen molar-refractivity contribution in [2.24, 2.45) is 4.99 Å². The van der Waals surface area contributed by atoms with Gasteiger partial charge in [-0.15, -0.1) is 10.2 Å². The third-order valence-corrected chi connectivity index (χ3v) is 3.75. The van der Waals surface area contributed by atoms with Gasteiger partial charge >= 0.3 is 0 Å². The highest BCUT2D eigenvalue weighted by Crippen LogP contribution is 2.34. The van der Waals surface area contributed by atoms with Crippen molar-refractivity contribution >= 4 is 11.4 Å². The SMILES string of the molecule is COc1nccc2c1N=C(Cc1nnc(-c3ccc(F)cc3)o1)C2. The van der Waals surface area contributed by atoms with Gasteiger partial charge in [0.25, 0.3) is 0 Å². The lowest BCUT2D eigenvalue weighted by Gasteiger charge is -2.01. The number of nitrogens with zero attached hydrogens (tertiary/aromatic N) is 4. The summed E-state index contributed by atoms with van der Waals surface area (Å²) in [5.41, 5.74) is 3.41. The van der Waals surface area contributed by atoms with Gasteiger partial charge in [-0.2, -0.15) is 0 Å². The second-order valence-corrected chi connectivity index (χ2v) is 5.37. The Bertz CT molecular complexity index is 919. The van der Waals surface area contributed by atoms with Crippen molar-refractivity contribution < 1.29 is 13.5 Å². The minimum Gasteiger partial charge on any atom is -0.479 e. The largest absolute Gasteiger partial charge is 0.479 e. The first-order chi connectivity index (χ1) is 11.7. The van der Waals surface area contributed by atoms with Crippen molar-refractivity contribution in [3.05, 3.63) is 53.8 Å². The molecule has 0 unspecified atom stereocenters. The first-order valence-corrected chi connectivity index (χ1v) is 7.39. The zero-order valence-corrected chi connectivity index (χ0v) is 12.9. The van der Waals surface area contributed by atoms with Crippen LogP contribution >= 0.6 is 0 Å². The van der Waals surface area contributed by atoms with E-state index in [0.717, 1.165) is 17.0 Å². The van der Waals surface area contributed by atoms with E-state index < -0.39 is 0 Å². The van der Waals surface area contributed by atoms with E-state index in [9.17, 15) is 4.39 Å². The molecule has 4 rings (SSSR count). The lowest BCUT2D eigenvalue weighted by atomic mass is 10.1. The van der Waals surface area contributed by atoms with Crippen LogP contribution in [0.3, 0.4) is 0 Å². The number of halogens is 1. The van der Waals surface area contributed by atoms with E-state index in [0.29, 0.717) is 36.1 Å². The van der Waals surface area contributed by atoms with Gasteiger partial charge in [-0.25, -0.2) is 9.37 Å². The van der Waals surface area contributed by atoms with Crippen LogP contribution in [-0.2, 0) is 12.8 Å². The van der Waals surface area contributed by atoms with Crippen molar-refractivity contribution in [2.45, 2.75) is 12.8 Å². The van der Waals surface area contributed by atoms with Crippen LogP contribution in [0.5, 0.6) is 5.88 Å². The van der Waals surface area contributed by atoms with Crippen LogP contribution in [-0.4, -0.2) is 28.0 Å². The summed E-state index contributed by atoms with van der Waals surface area (Å²) >= 11 is 0. The standard InChI is InChI=1S/C17H13FN4O2/c1-23-17-15-11(6-7-19-17)8-13(20-15)9-14-21-22-16(24-14)10-2-4-12(18)5-3-10/h2-7H,8-9H2,1H3. The number of benzene rings is 1. The van der Waals surface area contributed by atoms with E-state index in [4.69, 9.17) is 9.15 Å². The summed E-state index contributed by atoms with van der Waals surface area (Å²) < 4.78 is 23.9. The Morgan fingerprint density at radius 2 is 2.00 bits per heavy atom. The molecule has 0 aliphatic carbocycles. The van der Waals surface area contributed by atoms with E-state index in [2.05, 4.69) is 20.2 Å². The Labute approximate surface area is 137 Å². The average molecular weight is 324 g/mol. The maximum atomic E-state index is 13.0. The van der Waals surface area contributed by atoms with Gasteiger partial charge < -0.3 is 9.15 Å². The zero-order valence-electron chi connectivity index (χ0n) is 12.9. The third kappa shape index (κ3) is 2.64. The molecule has 2 aromatic heterocycles. The molecular weight excluding hydrogens is 311 g/mol. The average Bonchev–Trinajstić information content (AvgIpc) is 3.22. The lowest BCUT2D eigenvalue weighted by Crippen LogP contribution is -2.02. The molecule has 3 heterocycles. The molecular formula is C17H13FN4O2. The normalized spacial score (nSPS) is 12.8. The maximum absolute atomic E-state index is 13.0. The third-order valence-electron chi connectivity index (χ3n) is 3.75. The highest BCUT2D eigenvalue weighted by molar-refractivity contribution is 5.95. The fraction of sp³-hybridized carbons (Fsp3) is 0.176. The number of hydrogen-bond acceptors (Lipinski definition) is 6. The Morgan fingerprint density at radius 3 is 2.79 bits per heavy atom. The quantitative estimate of drug-likeness (QED) is 0.737. The molecule has 0 atom stereocenters. The van der Waals surface area contributed by atoms with Crippen LogP contribution in [0, 0.1) is 5.82 Å². The van der Waals surface area contributed by atoms with Gasteiger partial charge in [0.1, 0.15) is 11.5 Å². The van der Waals surface area contributed by atoms with Crippen LogP contribution < -0.4 is 4.74 Å². The molecule has 0 bridgehead atoms. The number of aromatic nitrogens is 3. The number of ether oxygens (including phenoxy) is 1. The number of aliphatic imine (C=N–C) groups is 1. The molecule has 7 heteroatoms. The first kappa shape index (κ1) is 14.5. The number of pyridine rings is 1. The molecule has 0 amide bonds. The Kier molecular flexibility index (Phi) is 3.53. The molecule has 1 aliphatic rings. The molecule has 0 radical (unpaired) electrons. The van der Waals surface area contributed by atoms with E-state index in [1.165, 1.54) is 12.1 Å². The van der Waals surface area contributed by atoms with Crippen LogP contribution in [0.1, 0.15) is 11.5 Å². The molecule has 6 nitrogen and oxygen atoms in total. The highest BCUT2D eigenvalue weighted by atomic mass is 19.1. The van der Waals surface area contributed by atoms with Crippen molar-refractivity contribution in [1.29, 1.82) is 0 Å². The van der Waals surface area contributed by atoms with Crippen LogP contribution in [0.25, 0.3) is 11.5 Å². The maximum Gasteiger partial charge on any atom is 0.247 e. The first-order valence-electron chi connectivity index (χ1n) is 7.39. The van der Waals surface area contributed by atoms with Gasteiger partial charge in [-0.1, -0.05) is 0 Å². The van der Waals surface area contributed by atoms with Crippen molar-refractivity contribution in [3.63, 3.8) is 0 Å². The van der Waals surface area contributed by atoms with Crippen molar-refractivity contribution in [2.75, 3.05) is 7.11 Å².